The average Bonchev–Trinajstić information content (AvgIpc) is 2.81. The second-order valence-electron chi connectivity index (χ2n) is 4.14. The van der Waals surface area contributed by atoms with E-state index in [1.54, 1.807) is 11.0 Å². The Morgan fingerprint density at radius 1 is 1.26 bits per heavy atom. The van der Waals surface area contributed by atoms with E-state index in [0.717, 1.165) is 10.9 Å². The van der Waals surface area contributed by atoms with Gasteiger partial charge in [0, 0.05) is 12.4 Å². The SMILES string of the molecule is Cn1cnc(CNc2nc(N)nc3ccccc23)n1. The molecule has 0 aliphatic rings. The maximum atomic E-state index is 5.70. The number of nitrogens with one attached hydrogen (secondary N) is 1. The predicted octanol–water partition coefficient (Wildman–Crippen LogP) is 0.953. The first-order valence-electron chi connectivity index (χ1n) is 5.83. The number of aryl methyl sites for hydroxylation is 1. The van der Waals surface area contributed by atoms with Gasteiger partial charge in [0.25, 0.3) is 0 Å². The van der Waals surface area contributed by atoms with Crippen LogP contribution < -0.4 is 11.1 Å². The van der Waals surface area contributed by atoms with Crippen molar-refractivity contribution in [2.75, 3.05) is 11.1 Å². The van der Waals surface area contributed by atoms with Crippen LogP contribution in [0.4, 0.5) is 11.8 Å². The van der Waals surface area contributed by atoms with Crippen molar-refractivity contribution in [2.45, 2.75) is 6.54 Å². The molecule has 0 fully saturated rings. The molecule has 1 aromatic carbocycles. The number of anilines is 2. The lowest BCUT2D eigenvalue weighted by Gasteiger charge is -2.07. The van der Waals surface area contributed by atoms with E-state index in [-0.39, 0.29) is 5.95 Å². The summed E-state index contributed by atoms with van der Waals surface area (Å²) in [5.74, 6) is 1.63. The normalized spacial score (nSPS) is 10.8. The summed E-state index contributed by atoms with van der Waals surface area (Å²) in [4.78, 5) is 12.6. The molecule has 0 aliphatic heterocycles. The van der Waals surface area contributed by atoms with Gasteiger partial charge in [-0.25, -0.2) is 9.97 Å². The molecule has 3 aromatic rings. The number of fused-ring (bicyclic) bond motifs is 1. The summed E-state index contributed by atoms with van der Waals surface area (Å²) < 4.78 is 1.66. The molecule has 0 amide bonds. The maximum absolute atomic E-state index is 5.70. The molecule has 0 unspecified atom stereocenters. The Hall–Kier alpha value is -2.70. The largest absolute Gasteiger partial charge is 0.368 e. The van der Waals surface area contributed by atoms with Crippen LogP contribution in [-0.2, 0) is 13.6 Å². The fourth-order valence-corrected chi connectivity index (χ4v) is 1.86. The van der Waals surface area contributed by atoms with Crippen molar-refractivity contribution >= 4 is 22.7 Å². The summed E-state index contributed by atoms with van der Waals surface area (Å²) >= 11 is 0. The maximum Gasteiger partial charge on any atom is 0.222 e. The van der Waals surface area contributed by atoms with E-state index in [1.807, 2.05) is 31.3 Å². The van der Waals surface area contributed by atoms with E-state index in [9.17, 15) is 0 Å². The molecule has 0 radical (unpaired) electrons. The Bertz CT molecular complexity index is 719. The molecule has 7 nitrogen and oxygen atoms in total. The number of hydrogen-bond donors (Lipinski definition) is 2. The fourth-order valence-electron chi connectivity index (χ4n) is 1.86. The van der Waals surface area contributed by atoms with E-state index in [0.29, 0.717) is 18.2 Å². The van der Waals surface area contributed by atoms with E-state index in [2.05, 4.69) is 25.4 Å². The van der Waals surface area contributed by atoms with Crippen LogP contribution in [0.5, 0.6) is 0 Å². The van der Waals surface area contributed by atoms with Gasteiger partial charge >= 0.3 is 0 Å². The van der Waals surface area contributed by atoms with Gasteiger partial charge in [0.15, 0.2) is 5.82 Å². The Morgan fingerprint density at radius 3 is 2.89 bits per heavy atom. The van der Waals surface area contributed by atoms with Gasteiger partial charge in [-0.3, -0.25) is 4.68 Å². The highest BCUT2D eigenvalue weighted by Gasteiger charge is 2.06. The lowest BCUT2D eigenvalue weighted by atomic mass is 10.2. The molecule has 2 heterocycles. The molecular formula is C12H13N7. The quantitative estimate of drug-likeness (QED) is 0.723. The Balaban J connectivity index is 1.91. The van der Waals surface area contributed by atoms with E-state index < -0.39 is 0 Å². The molecule has 3 N–H and O–H groups in total. The highest BCUT2D eigenvalue weighted by atomic mass is 15.3. The molecule has 0 atom stereocenters. The number of para-hydroxylation sites is 1. The first-order chi connectivity index (χ1) is 9.22. The minimum absolute atomic E-state index is 0.246. The molecule has 3 rings (SSSR count). The zero-order valence-electron chi connectivity index (χ0n) is 10.4. The zero-order valence-corrected chi connectivity index (χ0v) is 10.4. The number of nitrogens with two attached hydrogens (primary N) is 1. The third-order valence-corrected chi connectivity index (χ3v) is 2.68. The van der Waals surface area contributed by atoms with Crippen molar-refractivity contribution in [2.24, 2.45) is 7.05 Å². The van der Waals surface area contributed by atoms with Gasteiger partial charge in [-0.2, -0.15) is 10.1 Å². The molecule has 0 saturated heterocycles. The number of aromatic nitrogens is 5. The monoisotopic (exact) mass is 255 g/mol. The number of benzene rings is 1. The number of rotatable bonds is 3. The van der Waals surface area contributed by atoms with Crippen molar-refractivity contribution in [1.82, 2.24) is 24.7 Å². The summed E-state index contributed by atoms with van der Waals surface area (Å²) in [5.41, 5.74) is 6.51. The highest BCUT2D eigenvalue weighted by Crippen LogP contribution is 2.20. The smallest absolute Gasteiger partial charge is 0.222 e. The molecule has 7 heteroatoms. The van der Waals surface area contributed by atoms with Crippen LogP contribution in [0.2, 0.25) is 0 Å². The first kappa shape index (κ1) is 11.4. The molecule has 2 aromatic heterocycles. The Kier molecular flexibility index (Phi) is 2.71. The number of nitrogen functional groups attached to an aromatic ring is 1. The molecule has 0 bridgehead atoms. The van der Waals surface area contributed by atoms with Crippen LogP contribution in [0.25, 0.3) is 10.9 Å². The fraction of sp³-hybridized carbons (Fsp3) is 0.167. The molecular weight excluding hydrogens is 242 g/mol. The Morgan fingerprint density at radius 2 is 2.11 bits per heavy atom. The Labute approximate surface area is 109 Å². The summed E-state index contributed by atoms with van der Waals surface area (Å²) in [7, 11) is 1.83. The second-order valence-corrected chi connectivity index (χ2v) is 4.14. The molecule has 0 spiro atoms. The summed E-state index contributed by atoms with van der Waals surface area (Å²) in [6.45, 7) is 0.487. The van der Waals surface area contributed by atoms with Gasteiger partial charge in [-0.1, -0.05) is 12.1 Å². The third kappa shape index (κ3) is 2.30. The average molecular weight is 255 g/mol. The van der Waals surface area contributed by atoms with Crippen molar-refractivity contribution in [1.29, 1.82) is 0 Å². The standard InChI is InChI=1S/C12H13N7/c1-19-7-15-10(18-19)6-14-11-8-4-2-3-5-9(8)16-12(13)17-11/h2-5,7H,6H2,1H3,(H3,13,14,16,17). The van der Waals surface area contributed by atoms with Gasteiger partial charge in [0.05, 0.1) is 12.1 Å². The van der Waals surface area contributed by atoms with Crippen LogP contribution in [0.15, 0.2) is 30.6 Å². The summed E-state index contributed by atoms with van der Waals surface area (Å²) in [6, 6.07) is 7.70. The van der Waals surface area contributed by atoms with Crippen LogP contribution in [0.3, 0.4) is 0 Å². The van der Waals surface area contributed by atoms with Crippen LogP contribution >= 0.6 is 0 Å². The lowest BCUT2D eigenvalue weighted by Crippen LogP contribution is -2.06. The van der Waals surface area contributed by atoms with Gasteiger partial charge in [0.2, 0.25) is 5.95 Å². The summed E-state index contributed by atoms with van der Waals surface area (Å²) in [6.07, 6.45) is 1.66. The van der Waals surface area contributed by atoms with E-state index in [1.165, 1.54) is 0 Å². The predicted molar refractivity (Wildman–Crippen MR) is 72.3 cm³/mol. The van der Waals surface area contributed by atoms with Crippen molar-refractivity contribution in [3.63, 3.8) is 0 Å². The third-order valence-electron chi connectivity index (χ3n) is 2.68. The number of hydrogen-bond acceptors (Lipinski definition) is 6. The molecule has 96 valence electrons. The van der Waals surface area contributed by atoms with Gasteiger partial charge in [0.1, 0.15) is 12.1 Å². The zero-order chi connectivity index (χ0) is 13.2. The van der Waals surface area contributed by atoms with Crippen LogP contribution in [-0.4, -0.2) is 24.7 Å². The lowest BCUT2D eigenvalue weighted by molar-refractivity contribution is 0.747. The van der Waals surface area contributed by atoms with Crippen molar-refractivity contribution in [3.8, 4) is 0 Å². The van der Waals surface area contributed by atoms with Gasteiger partial charge < -0.3 is 11.1 Å². The summed E-state index contributed by atoms with van der Waals surface area (Å²) in [5, 5.41) is 8.31. The molecule has 19 heavy (non-hydrogen) atoms. The highest BCUT2D eigenvalue weighted by molar-refractivity contribution is 5.89. The minimum atomic E-state index is 0.246. The van der Waals surface area contributed by atoms with Crippen molar-refractivity contribution in [3.05, 3.63) is 36.4 Å². The minimum Gasteiger partial charge on any atom is -0.368 e. The number of nitrogens with zero attached hydrogens (tertiary/aromatic N) is 5. The van der Waals surface area contributed by atoms with E-state index >= 15 is 0 Å². The molecule has 0 aliphatic carbocycles. The van der Waals surface area contributed by atoms with Crippen LogP contribution in [0, 0.1) is 0 Å². The van der Waals surface area contributed by atoms with Gasteiger partial charge in [-0.15, -0.1) is 0 Å². The van der Waals surface area contributed by atoms with Gasteiger partial charge in [-0.05, 0) is 12.1 Å². The van der Waals surface area contributed by atoms with E-state index in [4.69, 9.17) is 5.73 Å². The molecule has 0 saturated carbocycles. The van der Waals surface area contributed by atoms with Crippen molar-refractivity contribution < 1.29 is 0 Å². The topological polar surface area (TPSA) is 94.5 Å². The first-order valence-corrected chi connectivity index (χ1v) is 5.83. The second kappa shape index (κ2) is 4.52. The van der Waals surface area contributed by atoms with Crippen LogP contribution in [0.1, 0.15) is 5.82 Å².